The molecule has 0 bridgehead atoms. The molecule has 1 saturated carbocycles. The monoisotopic (exact) mass is 1870 g/mol. The van der Waals surface area contributed by atoms with Crippen LogP contribution in [-0.4, -0.2) is 27.3 Å². The summed E-state index contributed by atoms with van der Waals surface area (Å²) in [6.07, 6.45) is 8.64. The Morgan fingerprint density at radius 2 is 0.701 bits per heavy atom. The van der Waals surface area contributed by atoms with Gasteiger partial charge in [0.15, 0.2) is 19.7 Å². The Morgan fingerprint density at radius 3 is 0.945 bits per heavy atom. The lowest BCUT2D eigenvalue weighted by Gasteiger charge is -2.29. The molecule has 0 N–H and O–H groups in total. The van der Waals surface area contributed by atoms with Gasteiger partial charge in [0, 0.05) is 11.5 Å². The first-order valence-electron chi connectivity index (χ1n) is 46.0. The fraction of sp³-hybridized carbons (Fsp3) is 0.565. The van der Waals surface area contributed by atoms with E-state index in [9.17, 15) is 60.7 Å². The van der Waals surface area contributed by atoms with Crippen molar-refractivity contribution < 1.29 is 60.7 Å². The van der Waals surface area contributed by atoms with Crippen molar-refractivity contribution in [2.24, 2.45) is 35.5 Å². The molecule has 9 rings (SSSR count). The van der Waals surface area contributed by atoms with Crippen LogP contribution in [-0.2, 0) is 43.1 Å². The molecule has 1 aliphatic rings. The van der Waals surface area contributed by atoms with Gasteiger partial charge >= 0.3 is 6.18 Å². The van der Waals surface area contributed by atoms with Gasteiger partial charge in [-0.25, -0.2) is 54.1 Å². The van der Waals surface area contributed by atoms with E-state index in [1.165, 1.54) is 167 Å². The zero-order valence-electron chi connectivity index (χ0n) is 84.8. The molecule has 5 nitrogen and oxygen atoms in total. The van der Waals surface area contributed by atoms with Crippen molar-refractivity contribution in [2.75, 3.05) is 0 Å². The van der Waals surface area contributed by atoms with Gasteiger partial charge in [-0.15, -0.1) is 11.3 Å². The van der Waals surface area contributed by atoms with Crippen molar-refractivity contribution >= 4 is 42.6 Å². The molecule has 1 aliphatic carbocycles. The van der Waals surface area contributed by atoms with E-state index in [0.29, 0.717) is 67.5 Å². The summed E-state index contributed by atoms with van der Waals surface area (Å²) >= 11 is 6.73. The van der Waals surface area contributed by atoms with Crippen molar-refractivity contribution in [2.45, 2.75) is 374 Å². The van der Waals surface area contributed by atoms with Crippen molar-refractivity contribution in [3.63, 3.8) is 0 Å². The van der Waals surface area contributed by atoms with Crippen LogP contribution in [0.1, 0.15) is 370 Å². The molecule has 0 saturated heterocycles. The largest absolute Gasteiger partial charge is 0.419 e. The van der Waals surface area contributed by atoms with E-state index in [0.717, 1.165) is 29.4 Å². The van der Waals surface area contributed by atoms with Gasteiger partial charge in [-0.05, 0) is 242 Å². The normalized spacial score (nSPS) is 12.0. The molecule has 1 heterocycles. The summed E-state index contributed by atoms with van der Waals surface area (Å²) in [5.74, 6) is 1.84. The van der Waals surface area contributed by atoms with Gasteiger partial charge in [0.05, 0.1) is 25.3 Å². The standard InChI is InChI=1S/C12H15F.C12H17F.C11H12FN.2C11H15F.C10H10F4O2S.C10H13F.C7H9ClO2S2.8C3H8/c1-9(2)12(7-8-12)10-3-5-11(13)6-4-10;1-9(2)12(3,4)10-5-7-11(13)8-6-10;1-8(2)11(13-3)9-4-6-10(12)7-5-9;2*1-8(2)9(3)10-4-6-11(12)7-5-10;1-6(2)17(15,16)7-3-4-9(11)8(5-7)10(12,13)14;1-8(2)7-9-3-5-10(11)6-4-9;1-5(2)12(9,10)7-4-3-6(8)11-7;8*1-3-2/h3-6,9H,7-8H2,1-2H3;5-9H,1-4H3;4-8,11H,1-2H3;2*4-9H,1-3H3;3-6H,1-2H3;3-6,8H,7H2,1-2H3;3-5H,1-2H3;8*3H2,1-2H3. The van der Waals surface area contributed by atoms with Crippen LogP contribution in [0.4, 0.5) is 43.9 Å². The van der Waals surface area contributed by atoms with E-state index in [1.54, 1.807) is 50.2 Å². The molecular formula is C108H170ClF10NO4S3. The average molecular weight is 1870 g/mol. The second kappa shape index (κ2) is 74.8. The Bertz CT molecular complexity index is 4060. The second-order valence-corrected chi connectivity index (χ2v) is 41.5. The highest BCUT2D eigenvalue weighted by molar-refractivity contribution is 7.94. The third-order valence-electron chi connectivity index (χ3n) is 18.3. The maximum absolute atomic E-state index is 12.9. The number of benzene rings is 7. The highest BCUT2D eigenvalue weighted by atomic mass is 35.5. The van der Waals surface area contributed by atoms with Crippen LogP contribution in [0.3, 0.4) is 0 Å². The SMILES string of the molecule is CC(C)C(C)(C)c1ccc(F)cc1.CC(C)C(C)c1ccc(F)cc1.CC(C)C(C)c1ccc(F)cc1.CC(C)C1(c2ccc(F)cc2)CC1.CC(C)Cc1ccc(F)cc1.CC(C)S(=O)(=O)c1ccc(Cl)s1.CC(C)S(=O)(=O)c1ccc(F)c(C(F)(F)F)c1.CCC.CCC.CCC.CCC.CCC.CCC.CCC.CCC.[C-]#[N+]C(c1ccc(F)cc1)C(C)C. The first kappa shape index (κ1) is 133. The summed E-state index contributed by atoms with van der Waals surface area (Å²) in [5, 5.41) is -1.25. The number of alkyl halides is 3. The van der Waals surface area contributed by atoms with E-state index >= 15 is 0 Å². The number of nitrogens with zero attached hydrogens (tertiary/aromatic N) is 1. The minimum absolute atomic E-state index is 0.119. The van der Waals surface area contributed by atoms with Gasteiger partial charge in [0.2, 0.25) is 0 Å². The highest BCUT2D eigenvalue weighted by Crippen LogP contribution is 2.53. The van der Waals surface area contributed by atoms with Gasteiger partial charge in [0.1, 0.15) is 44.9 Å². The van der Waals surface area contributed by atoms with Gasteiger partial charge in [-0.2, -0.15) is 13.2 Å². The number of hydrogen-bond acceptors (Lipinski definition) is 5. The van der Waals surface area contributed by atoms with Gasteiger partial charge < -0.3 is 4.85 Å². The number of rotatable bonds is 16. The summed E-state index contributed by atoms with van der Waals surface area (Å²) in [5.41, 5.74) is 5.96. The third kappa shape index (κ3) is 60.7. The van der Waals surface area contributed by atoms with Crippen molar-refractivity contribution in [3.8, 4) is 0 Å². The predicted molar refractivity (Wildman–Crippen MR) is 534 cm³/mol. The molecule has 19 heteroatoms. The van der Waals surface area contributed by atoms with Crippen LogP contribution in [0.25, 0.3) is 4.85 Å². The van der Waals surface area contributed by atoms with E-state index in [4.69, 9.17) is 18.2 Å². The lowest BCUT2D eigenvalue weighted by molar-refractivity contribution is -0.140. The molecule has 0 amide bonds. The van der Waals surface area contributed by atoms with Gasteiger partial charge in [0.25, 0.3) is 6.04 Å². The summed E-state index contributed by atoms with van der Waals surface area (Å²) in [6, 6.07) is 44.9. The predicted octanol–water partition coefficient (Wildman–Crippen LogP) is 37.8. The van der Waals surface area contributed by atoms with Gasteiger partial charge in [-0.1, -0.05) is 345 Å². The summed E-state index contributed by atoms with van der Waals surface area (Å²) in [7, 11) is -6.97. The molecule has 8 aromatic rings. The zero-order chi connectivity index (χ0) is 100. The van der Waals surface area contributed by atoms with E-state index < -0.39 is 47.4 Å². The molecule has 1 fully saturated rings. The number of halogens is 11. The molecule has 127 heavy (non-hydrogen) atoms. The van der Waals surface area contributed by atoms with Crippen LogP contribution in [0, 0.1) is 82.8 Å². The average Bonchev–Trinajstić information content (AvgIpc) is 1.62. The minimum Gasteiger partial charge on any atom is -0.308 e. The first-order valence-corrected chi connectivity index (χ1v) is 50.2. The Hall–Kier alpha value is -6.78. The molecule has 0 spiro atoms. The molecule has 3 unspecified atom stereocenters. The molecule has 0 aliphatic heterocycles. The first-order chi connectivity index (χ1) is 59.0. The summed E-state index contributed by atoms with van der Waals surface area (Å²) in [4.78, 5) is 2.99. The van der Waals surface area contributed by atoms with E-state index in [1.807, 2.05) is 74.5 Å². The molecule has 1 aromatic heterocycles. The van der Waals surface area contributed by atoms with Crippen LogP contribution in [0.5, 0.6) is 0 Å². The lowest BCUT2D eigenvalue weighted by Crippen LogP contribution is -2.24. The highest BCUT2D eigenvalue weighted by Gasteiger charge is 2.46. The summed E-state index contributed by atoms with van der Waals surface area (Å²) < 4.78 is 173. The molecule has 0 radical (unpaired) electrons. The smallest absolute Gasteiger partial charge is 0.308 e. The lowest BCUT2D eigenvalue weighted by atomic mass is 9.75. The molecule has 7 aromatic carbocycles. The maximum atomic E-state index is 12.9. The molecule has 726 valence electrons. The molecule has 3 atom stereocenters. The Morgan fingerprint density at radius 1 is 0.402 bits per heavy atom. The van der Waals surface area contributed by atoms with Gasteiger partial charge in [-0.3, -0.25) is 0 Å². The van der Waals surface area contributed by atoms with Crippen LogP contribution < -0.4 is 0 Å². The zero-order valence-corrected chi connectivity index (χ0v) is 88.0. The Labute approximate surface area is 779 Å². The van der Waals surface area contributed by atoms with Crippen molar-refractivity contribution in [3.05, 3.63) is 271 Å². The quantitative estimate of drug-likeness (QED) is 0.0549. The Balaban J connectivity index is -0.000000250. The van der Waals surface area contributed by atoms with E-state index in [2.05, 4.69) is 213 Å². The van der Waals surface area contributed by atoms with Crippen LogP contribution in [0.15, 0.2) is 185 Å². The van der Waals surface area contributed by atoms with Crippen molar-refractivity contribution in [1.29, 1.82) is 0 Å². The van der Waals surface area contributed by atoms with E-state index in [-0.39, 0.29) is 57.5 Å². The topological polar surface area (TPSA) is 72.6 Å². The Kier molecular flexibility index (Phi) is 78.5. The number of hydrogen-bond donors (Lipinski definition) is 0. The third-order valence-corrected chi connectivity index (χ3v) is 24.4. The fourth-order valence-electron chi connectivity index (χ4n) is 9.85. The maximum Gasteiger partial charge on any atom is 0.419 e. The minimum atomic E-state index is -4.91. The number of sulfone groups is 2. The summed E-state index contributed by atoms with van der Waals surface area (Å²) in [6.45, 7) is 81.6. The fourth-order valence-corrected chi connectivity index (χ4v) is 13.9. The van der Waals surface area contributed by atoms with Crippen LogP contribution >= 0.6 is 22.9 Å². The molecular weight excluding hydrogens is 1700 g/mol. The number of thiophene rings is 1. The van der Waals surface area contributed by atoms with Crippen molar-refractivity contribution in [1.82, 2.24) is 0 Å². The second-order valence-electron chi connectivity index (χ2n) is 34.5. The van der Waals surface area contributed by atoms with Crippen LogP contribution in [0.2, 0.25) is 4.34 Å².